The van der Waals surface area contributed by atoms with Crippen LogP contribution in [0.5, 0.6) is 0 Å². The van der Waals surface area contributed by atoms with E-state index in [1.807, 2.05) is 0 Å². The van der Waals surface area contributed by atoms with Crippen molar-refractivity contribution in [3.8, 4) is 0 Å². The molecule has 0 radical (unpaired) electrons. The monoisotopic (exact) mass is 297 g/mol. The van der Waals surface area contributed by atoms with E-state index < -0.39 is 0 Å². The second kappa shape index (κ2) is 6.03. The molecule has 3 heteroatoms. The fourth-order valence-corrected chi connectivity index (χ4v) is 3.52. The summed E-state index contributed by atoms with van der Waals surface area (Å²) >= 11 is 6.14. The number of hydrogen-bond acceptors (Lipinski definition) is 1. The van der Waals surface area contributed by atoms with E-state index in [4.69, 9.17) is 17.3 Å². The van der Waals surface area contributed by atoms with Crippen LogP contribution < -0.4 is 5.73 Å². The molecule has 2 N–H and O–H groups in total. The first kappa shape index (κ1) is 15.8. The quantitative estimate of drug-likeness (QED) is 0.833. The zero-order valence-corrected chi connectivity index (χ0v) is 13.4. The van der Waals surface area contributed by atoms with Crippen LogP contribution in [0.4, 0.5) is 4.39 Å². The molecular weight excluding hydrogens is 273 g/mol. The predicted octanol–water partition coefficient (Wildman–Crippen LogP) is 4.81. The Morgan fingerprint density at radius 2 is 2.00 bits per heavy atom. The molecule has 2 rings (SSSR count). The Labute approximate surface area is 126 Å². The Balaban J connectivity index is 2.10. The van der Waals surface area contributed by atoms with Crippen molar-refractivity contribution in [3.63, 3.8) is 0 Å². The summed E-state index contributed by atoms with van der Waals surface area (Å²) in [5, 5.41) is 0.523. The van der Waals surface area contributed by atoms with Crippen LogP contribution in [0, 0.1) is 23.1 Å². The maximum atomic E-state index is 13.1. The molecule has 112 valence electrons. The topological polar surface area (TPSA) is 26.0 Å². The van der Waals surface area contributed by atoms with Gasteiger partial charge in [-0.25, -0.2) is 4.39 Å². The van der Waals surface area contributed by atoms with Crippen molar-refractivity contribution in [1.82, 2.24) is 0 Å². The normalized spacial score (nSPS) is 27.6. The molecule has 1 aromatic carbocycles. The van der Waals surface area contributed by atoms with Crippen molar-refractivity contribution in [2.24, 2.45) is 23.0 Å². The van der Waals surface area contributed by atoms with Gasteiger partial charge in [0.1, 0.15) is 5.82 Å². The van der Waals surface area contributed by atoms with Crippen LogP contribution >= 0.6 is 11.6 Å². The third-order valence-electron chi connectivity index (χ3n) is 4.76. The Kier molecular flexibility index (Phi) is 4.76. The van der Waals surface area contributed by atoms with Crippen LogP contribution in [0.2, 0.25) is 5.02 Å². The molecular formula is C17H25ClFN. The second-order valence-corrected chi connectivity index (χ2v) is 7.65. The molecule has 1 aliphatic rings. The lowest BCUT2D eigenvalue weighted by Gasteiger charge is -2.41. The van der Waals surface area contributed by atoms with Gasteiger partial charge in [0.15, 0.2) is 0 Å². The molecule has 0 amide bonds. The first-order valence-corrected chi connectivity index (χ1v) is 7.84. The SMILES string of the molecule is CC(C)(C)C1CCC(N)C(Cc2ccc(F)cc2Cl)C1. The highest BCUT2D eigenvalue weighted by molar-refractivity contribution is 6.31. The van der Waals surface area contributed by atoms with Crippen LogP contribution in [0.3, 0.4) is 0 Å². The van der Waals surface area contributed by atoms with Gasteiger partial charge in [0.2, 0.25) is 0 Å². The molecule has 0 saturated heterocycles. The molecule has 0 bridgehead atoms. The molecule has 0 aromatic heterocycles. The summed E-state index contributed by atoms with van der Waals surface area (Å²) in [4.78, 5) is 0. The summed E-state index contributed by atoms with van der Waals surface area (Å²) in [6, 6.07) is 4.91. The minimum atomic E-state index is -0.278. The van der Waals surface area contributed by atoms with Crippen LogP contribution in [-0.2, 0) is 6.42 Å². The molecule has 3 atom stereocenters. The third-order valence-corrected chi connectivity index (χ3v) is 5.12. The standard InChI is InChI=1S/C17H25ClFN/c1-17(2,3)13-5-7-16(20)12(9-13)8-11-4-6-14(19)10-15(11)18/h4,6,10,12-13,16H,5,7-9,20H2,1-3H3. The van der Waals surface area contributed by atoms with E-state index in [-0.39, 0.29) is 11.9 Å². The highest BCUT2D eigenvalue weighted by Gasteiger charge is 2.34. The number of halogens is 2. The maximum Gasteiger partial charge on any atom is 0.124 e. The summed E-state index contributed by atoms with van der Waals surface area (Å²) in [6.45, 7) is 6.91. The van der Waals surface area contributed by atoms with Crippen molar-refractivity contribution >= 4 is 11.6 Å². The van der Waals surface area contributed by atoms with E-state index in [1.165, 1.54) is 18.6 Å². The van der Waals surface area contributed by atoms with Crippen molar-refractivity contribution in [1.29, 1.82) is 0 Å². The van der Waals surface area contributed by atoms with Gasteiger partial charge in [-0.3, -0.25) is 0 Å². The highest BCUT2D eigenvalue weighted by Crippen LogP contribution is 2.41. The average molecular weight is 298 g/mol. The molecule has 1 nitrogen and oxygen atoms in total. The number of benzene rings is 1. The van der Waals surface area contributed by atoms with E-state index in [9.17, 15) is 4.39 Å². The summed E-state index contributed by atoms with van der Waals surface area (Å²) < 4.78 is 13.1. The van der Waals surface area contributed by atoms with Gasteiger partial charge < -0.3 is 5.73 Å². The first-order valence-electron chi connectivity index (χ1n) is 7.47. The smallest absolute Gasteiger partial charge is 0.124 e. The van der Waals surface area contributed by atoms with Crippen LogP contribution in [0.1, 0.15) is 45.6 Å². The second-order valence-electron chi connectivity index (χ2n) is 7.24. The van der Waals surface area contributed by atoms with E-state index in [0.717, 1.165) is 24.8 Å². The molecule has 1 aromatic rings. The van der Waals surface area contributed by atoms with Crippen molar-refractivity contribution in [2.45, 2.75) is 52.5 Å². The van der Waals surface area contributed by atoms with Crippen molar-refractivity contribution in [2.75, 3.05) is 0 Å². The molecule has 0 spiro atoms. The number of hydrogen-bond donors (Lipinski definition) is 1. The van der Waals surface area contributed by atoms with Gasteiger partial charge in [0.25, 0.3) is 0 Å². The van der Waals surface area contributed by atoms with Gasteiger partial charge in [0, 0.05) is 11.1 Å². The summed E-state index contributed by atoms with van der Waals surface area (Å²) in [7, 11) is 0. The lowest BCUT2D eigenvalue weighted by Crippen LogP contribution is -2.40. The maximum absolute atomic E-state index is 13.1. The van der Waals surface area contributed by atoms with Crippen LogP contribution in [0.15, 0.2) is 18.2 Å². The number of rotatable bonds is 2. The number of nitrogens with two attached hydrogens (primary N) is 1. The van der Waals surface area contributed by atoms with Crippen molar-refractivity contribution < 1.29 is 4.39 Å². The lowest BCUT2D eigenvalue weighted by atomic mass is 9.66. The summed E-state index contributed by atoms with van der Waals surface area (Å²) in [5.74, 6) is 0.863. The zero-order chi connectivity index (χ0) is 14.9. The van der Waals surface area contributed by atoms with Gasteiger partial charge in [-0.05, 0) is 60.6 Å². The van der Waals surface area contributed by atoms with Gasteiger partial charge in [-0.2, -0.15) is 0 Å². The minimum Gasteiger partial charge on any atom is -0.327 e. The largest absolute Gasteiger partial charge is 0.327 e. The predicted molar refractivity (Wildman–Crippen MR) is 83.4 cm³/mol. The summed E-state index contributed by atoms with van der Waals surface area (Å²) in [5.41, 5.74) is 7.64. The zero-order valence-electron chi connectivity index (χ0n) is 12.6. The van der Waals surface area contributed by atoms with Gasteiger partial charge in [-0.1, -0.05) is 38.4 Å². The molecule has 3 unspecified atom stereocenters. The molecule has 1 fully saturated rings. The minimum absolute atomic E-state index is 0.231. The lowest BCUT2D eigenvalue weighted by molar-refractivity contribution is 0.127. The Morgan fingerprint density at radius 1 is 1.30 bits per heavy atom. The highest BCUT2D eigenvalue weighted by atomic mass is 35.5. The Hall–Kier alpha value is -0.600. The Bertz CT molecular complexity index is 467. The Morgan fingerprint density at radius 3 is 2.60 bits per heavy atom. The molecule has 1 aliphatic carbocycles. The van der Waals surface area contributed by atoms with Gasteiger partial charge in [0.05, 0.1) is 0 Å². The molecule has 1 saturated carbocycles. The van der Waals surface area contributed by atoms with E-state index >= 15 is 0 Å². The third kappa shape index (κ3) is 3.73. The van der Waals surface area contributed by atoms with E-state index in [2.05, 4.69) is 20.8 Å². The van der Waals surface area contributed by atoms with Crippen molar-refractivity contribution in [3.05, 3.63) is 34.6 Å². The van der Waals surface area contributed by atoms with E-state index in [0.29, 0.717) is 22.3 Å². The van der Waals surface area contributed by atoms with E-state index in [1.54, 1.807) is 6.07 Å². The summed E-state index contributed by atoms with van der Waals surface area (Å²) in [6.07, 6.45) is 4.27. The van der Waals surface area contributed by atoms with Crippen LogP contribution in [-0.4, -0.2) is 6.04 Å². The fourth-order valence-electron chi connectivity index (χ4n) is 3.28. The average Bonchev–Trinajstić information content (AvgIpc) is 2.33. The first-order chi connectivity index (χ1) is 9.27. The molecule has 0 aliphatic heterocycles. The van der Waals surface area contributed by atoms with Gasteiger partial charge >= 0.3 is 0 Å². The van der Waals surface area contributed by atoms with Crippen LogP contribution in [0.25, 0.3) is 0 Å². The molecule has 20 heavy (non-hydrogen) atoms. The molecule has 0 heterocycles. The van der Waals surface area contributed by atoms with Gasteiger partial charge in [-0.15, -0.1) is 0 Å². The fraction of sp³-hybridized carbons (Fsp3) is 0.647.